The Morgan fingerprint density at radius 3 is 2.00 bits per heavy atom. The largest absolute Gasteiger partial charge is 0.297 e. The molecule has 0 fully saturated rings. The highest BCUT2D eigenvalue weighted by Crippen LogP contribution is 2.33. The van der Waals surface area contributed by atoms with Crippen molar-refractivity contribution in [3.63, 3.8) is 0 Å². The zero-order valence-corrected chi connectivity index (χ0v) is 12.3. The zero-order chi connectivity index (χ0) is 13.8. The van der Waals surface area contributed by atoms with Gasteiger partial charge in [0.25, 0.3) is 0 Å². The van der Waals surface area contributed by atoms with Gasteiger partial charge in [0.15, 0.2) is 6.29 Å². The summed E-state index contributed by atoms with van der Waals surface area (Å²) in [7, 11) is 0. The van der Waals surface area contributed by atoms with Crippen LogP contribution in [-0.2, 0) is 0 Å². The SMILES string of the molecule is O=Cc1ccc(-c2ccc(C=Cc3ccccc3)s2)s1. The van der Waals surface area contributed by atoms with Crippen molar-refractivity contribution in [3.8, 4) is 9.75 Å². The molecule has 0 aliphatic carbocycles. The molecule has 3 aromatic rings. The Morgan fingerprint density at radius 2 is 1.35 bits per heavy atom. The number of hydrogen-bond acceptors (Lipinski definition) is 3. The molecule has 1 nitrogen and oxygen atoms in total. The first kappa shape index (κ1) is 13.0. The average molecular weight is 296 g/mol. The maximum absolute atomic E-state index is 10.7. The van der Waals surface area contributed by atoms with E-state index < -0.39 is 0 Å². The summed E-state index contributed by atoms with van der Waals surface area (Å²) >= 11 is 3.27. The van der Waals surface area contributed by atoms with Crippen LogP contribution in [0.5, 0.6) is 0 Å². The number of rotatable bonds is 4. The van der Waals surface area contributed by atoms with Gasteiger partial charge in [0, 0.05) is 14.6 Å². The van der Waals surface area contributed by atoms with E-state index in [1.165, 1.54) is 26.7 Å². The second-order valence-corrected chi connectivity index (χ2v) is 6.50. The molecule has 0 radical (unpaired) electrons. The second kappa shape index (κ2) is 5.99. The van der Waals surface area contributed by atoms with Crippen molar-refractivity contribution in [3.05, 3.63) is 69.9 Å². The molecule has 0 atom stereocenters. The van der Waals surface area contributed by atoms with Crippen LogP contribution in [0.15, 0.2) is 54.6 Å². The van der Waals surface area contributed by atoms with Crippen LogP contribution in [0.4, 0.5) is 0 Å². The van der Waals surface area contributed by atoms with Gasteiger partial charge in [-0.1, -0.05) is 36.4 Å². The van der Waals surface area contributed by atoms with Crippen molar-refractivity contribution in [1.82, 2.24) is 0 Å². The Labute approximate surface area is 125 Å². The molecule has 0 aliphatic heterocycles. The second-order valence-electron chi connectivity index (χ2n) is 4.27. The Balaban J connectivity index is 1.80. The van der Waals surface area contributed by atoms with E-state index in [0.717, 1.165) is 16.0 Å². The molecule has 2 aromatic heterocycles. The summed E-state index contributed by atoms with van der Waals surface area (Å²) in [6.45, 7) is 0. The first-order valence-electron chi connectivity index (χ1n) is 6.23. The lowest BCUT2D eigenvalue weighted by atomic mass is 10.2. The van der Waals surface area contributed by atoms with Gasteiger partial charge >= 0.3 is 0 Å². The summed E-state index contributed by atoms with van der Waals surface area (Å²) in [5, 5.41) is 0. The van der Waals surface area contributed by atoms with Gasteiger partial charge in [0.2, 0.25) is 0 Å². The van der Waals surface area contributed by atoms with Crippen LogP contribution in [0.3, 0.4) is 0 Å². The van der Waals surface area contributed by atoms with Crippen molar-refractivity contribution in [2.75, 3.05) is 0 Å². The summed E-state index contributed by atoms with van der Waals surface area (Å²) in [4.78, 5) is 15.1. The fourth-order valence-electron chi connectivity index (χ4n) is 1.87. The Morgan fingerprint density at radius 1 is 0.700 bits per heavy atom. The quantitative estimate of drug-likeness (QED) is 0.584. The van der Waals surface area contributed by atoms with Crippen molar-refractivity contribution in [2.45, 2.75) is 0 Å². The van der Waals surface area contributed by atoms with Gasteiger partial charge in [-0.05, 0) is 35.9 Å². The van der Waals surface area contributed by atoms with Gasteiger partial charge in [-0.15, -0.1) is 22.7 Å². The highest BCUT2D eigenvalue weighted by atomic mass is 32.1. The fraction of sp³-hybridized carbons (Fsp3) is 0. The highest BCUT2D eigenvalue weighted by Gasteiger charge is 2.04. The zero-order valence-electron chi connectivity index (χ0n) is 10.7. The van der Waals surface area contributed by atoms with Crippen molar-refractivity contribution < 1.29 is 4.79 Å². The Hall–Kier alpha value is -1.97. The normalized spacial score (nSPS) is 11.0. The number of benzene rings is 1. The predicted molar refractivity (Wildman–Crippen MR) is 88.4 cm³/mol. The average Bonchev–Trinajstić information content (AvgIpc) is 3.15. The molecule has 3 heteroatoms. The van der Waals surface area contributed by atoms with Gasteiger partial charge < -0.3 is 0 Å². The molecule has 0 saturated heterocycles. The van der Waals surface area contributed by atoms with Crippen LogP contribution in [-0.4, -0.2) is 6.29 Å². The summed E-state index contributed by atoms with van der Waals surface area (Å²) in [6, 6.07) is 18.3. The van der Waals surface area contributed by atoms with Crippen molar-refractivity contribution in [2.24, 2.45) is 0 Å². The van der Waals surface area contributed by atoms with Crippen LogP contribution in [0.25, 0.3) is 21.9 Å². The predicted octanol–water partition coefficient (Wildman–Crippen LogP) is 5.46. The van der Waals surface area contributed by atoms with E-state index in [0.29, 0.717) is 0 Å². The molecular formula is C17H12OS2. The van der Waals surface area contributed by atoms with Gasteiger partial charge in [0.1, 0.15) is 0 Å². The number of aldehydes is 1. The number of carbonyl (C=O) groups excluding carboxylic acids is 1. The van der Waals surface area contributed by atoms with Crippen LogP contribution < -0.4 is 0 Å². The minimum atomic E-state index is 0.773. The molecule has 0 amide bonds. The molecule has 0 unspecified atom stereocenters. The smallest absolute Gasteiger partial charge is 0.160 e. The summed E-state index contributed by atoms with van der Waals surface area (Å²) in [5.74, 6) is 0. The van der Waals surface area contributed by atoms with Crippen molar-refractivity contribution >= 4 is 41.1 Å². The highest BCUT2D eigenvalue weighted by molar-refractivity contribution is 7.23. The third-order valence-corrected chi connectivity index (χ3v) is 5.11. The van der Waals surface area contributed by atoms with E-state index in [1.54, 1.807) is 11.3 Å². The van der Waals surface area contributed by atoms with Crippen LogP contribution in [0.2, 0.25) is 0 Å². The third-order valence-electron chi connectivity index (χ3n) is 2.85. The Bertz CT molecular complexity index is 735. The maximum Gasteiger partial charge on any atom is 0.160 e. The summed E-state index contributed by atoms with van der Waals surface area (Å²) < 4.78 is 0. The Kier molecular flexibility index (Phi) is 3.90. The standard InChI is InChI=1S/C17H12OS2/c18-12-15-9-11-17(20-15)16-10-8-14(19-16)7-6-13-4-2-1-3-5-13/h1-12H. The van der Waals surface area contributed by atoms with Crippen LogP contribution >= 0.6 is 22.7 Å². The van der Waals surface area contributed by atoms with Gasteiger partial charge in [-0.3, -0.25) is 4.79 Å². The van der Waals surface area contributed by atoms with E-state index >= 15 is 0 Å². The van der Waals surface area contributed by atoms with Crippen LogP contribution in [0, 0.1) is 0 Å². The van der Waals surface area contributed by atoms with Crippen LogP contribution in [0.1, 0.15) is 20.1 Å². The van der Waals surface area contributed by atoms with Crippen molar-refractivity contribution in [1.29, 1.82) is 0 Å². The molecule has 0 N–H and O–H groups in total. The molecule has 2 heterocycles. The third kappa shape index (κ3) is 2.95. The molecule has 98 valence electrons. The van der Waals surface area contributed by atoms with E-state index in [-0.39, 0.29) is 0 Å². The molecule has 0 aliphatic rings. The maximum atomic E-state index is 10.7. The molecule has 1 aromatic carbocycles. The molecule has 0 spiro atoms. The minimum absolute atomic E-state index is 0.773. The van der Waals surface area contributed by atoms with Gasteiger partial charge in [-0.25, -0.2) is 0 Å². The lowest BCUT2D eigenvalue weighted by Gasteiger charge is -1.90. The van der Waals surface area contributed by atoms with Gasteiger partial charge in [-0.2, -0.15) is 0 Å². The number of thiophene rings is 2. The first-order valence-corrected chi connectivity index (χ1v) is 7.87. The van der Waals surface area contributed by atoms with E-state index in [4.69, 9.17) is 0 Å². The molecule has 20 heavy (non-hydrogen) atoms. The molecule has 0 bridgehead atoms. The number of carbonyl (C=O) groups is 1. The van der Waals surface area contributed by atoms with E-state index in [1.807, 2.05) is 30.3 Å². The molecule has 3 rings (SSSR count). The fourth-order valence-corrected chi connectivity index (χ4v) is 3.69. The number of hydrogen-bond donors (Lipinski definition) is 0. The van der Waals surface area contributed by atoms with E-state index in [2.05, 4.69) is 36.4 Å². The minimum Gasteiger partial charge on any atom is -0.297 e. The lowest BCUT2D eigenvalue weighted by Crippen LogP contribution is -1.67. The summed E-state index contributed by atoms with van der Waals surface area (Å²) in [6.07, 6.45) is 5.14. The summed E-state index contributed by atoms with van der Waals surface area (Å²) in [5.41, 5.74) is 1.20. The topological polar surface area (TPSA) is 17.1 Å². The molecular weight excluding hydrogens is 284 g/mol. The first-order chi connectivity index (χ1) is 9.85. The molecule has 0 saturated carbocycles. The van der Waals surface area contributed by atoms with E-state index in [9.17, 15) is 4.79 Å². The monoisotopic (exact) mass is 296 g/mol. The van der Waals surface area contributed by atoms with Gasteiger partial charge in [0.05, 0.1) is 4.88 Å². The lowest BCUT2D eigenvalue weighted by molar-refractivity contribution is 0.112.